The maximum Gasteiger partial charge on any atom is 0.433 e. The Kier molecular flexibility index (Phi) is 10.2. The second-order valence-corrected chi connectivity index (χ2v) is 12.1. The number of benzene rings is 1. The first-order valence-electron chi connectivity index (χ1n) is 14.8. The standard InChI is InChI=1S/C31H42F3N5O4/c1-20(2)35-28(40)24-23(13-17-42-5)39(19-30(3,4)25-26(24)36-37-27(25)31(32,33)34)29(41)21-9-11-22(12-10-21)43-18-16-38-14-7-6-8-15-38/h9-12,20H,6-8,13-19H2,1-5H3,(H,35,40)(H,36,37). The van der Waals surface area contributed by atoms with Crippen molar-refractivity contribution >= 4 is 17.4 Å². The fraction of sp³-hybridized carbons (Fsp3) is 0.581. The number of carbonyl (C=O) groups is 2. The number of aromatic nitrogens is 2. The molecule has 1 aromatic heterocycles. The van der Waals surface area contributed by atoms with Gasteiger partial charge in [-0.05, 0) is 64.0 Å². The molecule has 0 saturated carbocycles. The van der Waals surface area contributed by atoms with Gasteiger partial charge >= 0.3 is 6.18 Å². The van der Waals surface area contributed by atoms with Gasteiger partial charge < -0.3 is 19.7 Å². The summed E-state index contributed by atoms with van der Waals surface area (Å²) in [5.41, 5.74) is -2.05. The molecule has 2 aliphatic rings. The maximum atomic E-state index is 14.2. The second kappa shape index (κ2) is 13.5. The number of likely N-dealkylation sites (tertiary alicyclic amines) is 1. The zero-order chi connectivity index (χ0) is 31.4. The second-order valence-electron chi connectivity index (χ2n) is 12.1. The van der Waals surface area contributed by atoms with Crippen molar-refractivity contribution in [2.75, 3.05) is 46.5 Å². The number of methoxy groups -OCH3 is 1. The summed E-state index contributed by atoms with van der Waals surface area (Å²) in [6, 6.07) is 6.39. The number of aromatic amines is 1. The van der Waals surface area contributed by atoms with E-state index in [1.807, 2.05) is 0 Å². The van der Waals surface area contributed by atoms with E-state index in [0.29, 0.717) is 17.9 Å². The van der Waals surface area contributed by atoms with E-state index >= 15 is 0 Å². The highest BCUT2D eigenvalue weighted by Gasteiger charge is 2.47. The monoisotopic (exact) mass is 605 g/mol. The Morgan fingerprint density at radius 2 is 1.77 bits per heavy atom. The minimum absolute atomic E-state index is 0.0795. The third kappa shape index (κ3) is 7.59. The van der Waals surface area contributed by atoms with Gasteiger partial charge in [0.15, 0.2) is 0 Å². The van der Waals surface area contributed by atoms with Crippen molar-refractivity contribution in [2.24, 2.45) is 0 Å². The van der Waals surface area contributed by atoms with Crippen molar-refractivity contribution in [1.82, 2.24) is 25.3 Å². The molecule has 0 bridgehead atoms. The first-order chi connectivity index (χ1) is 20.3. The predicted octanol–water partition coefficient (Wildman–Crippen LogP) is 5.00. The van der Waals surface area contributed by atoms with Crippen LogP contribution in [0.15, 0.2) is 30.0 Å². The summed E-state index contributed by atoms with van der Waals surface area (Å²) in [6.07, 6.45) is -0.980. The lowest BCUT2D eigenvalue weighted by Crippen LogP contribution is -2.41. The largest absolute Gasteiger partial charge is 0.492 e. The molecule has 0 atom stereocenters. The normalized spacial score (nSPS) is 17.6. The number of hydrogen-bond acceptors (Lipinski definition) is 6. The summed E-state index contributed by atoms with van der Waals surface area (Å²) in [5, 5.41) is 8.94. The van der Waals surface area contributed by atoms with Gasteiger partial charge in [0, 0.05) is 54.9 Å². The quantitative estimate of drug-likeness (QED) is 0.396. The Balaban J connectivity index is 1.70. The van der Waals surface area contributed by atoms with Gasteiger partial charge in [0.05, 0.1) is 12.2 Å². The summed E-state index contributed by atoms with van der Waals surface area (Å²) in [5.74, 6) is -0.445. The molecule has 0 aliphatic carbocycles. The maximum absolute atomic E-state index is 14.2. The molecule has 1 aromatic carbocycles. The van der Waals surface area contributed by atoms with E-state index in [4.69, 9.17) is 9.47 Å². The highest BCUT2D eigenvalue weighted by molar-refractivity contribution is 6.21. The number of carbonyl (C=O) groups excluding carboxylic acids is 2. The molecule has 1 saturated heterocycles. The number of nitrogens with zero attached hydrogens (tertiary/aromatic N) is 3. The van der Waals surface area contributed by atoms with Gasteiger partial charge in [-0.25, -0.2) is 0 Å². The lowest BCUT2D eigenvalue weighted by Gasteiger charge is -2.33. The van der Waals surface area contributed by atoms with Crippen LogP contribution in [0.5, 0.6) is 5.75 Å². The van der Waals surface area contributed by atoms with Gasteiger partial charge in [-0.3, -0.25) is 19.6 Å². The van der Waals surface area contributed by atoms with E-state index in [1.165, 1.54) is 31.3 Å². The zero-order valence-corrected chi connectivity index (χ0v) is 25.6. The lowest BCUT2D eigenvalue weighted by atomic mass is 9.81. The molecule has 3 heterocycles. The summed E-state index contributed by atoms with van der Waals surface area (Å²) in [4.78, 5) is 31.5. The molecule has 236 valence electrons. The molecule has 2 aliphatic heterocycles. The van der Waals surface area contributed by atoms with Crippen LogP contribution in [0, 0.1) is 0 Å². The van der Waals surface area contributed by atoms with Crippen molar-refractivity contribution in [2.45, 2.75) is 71.0 Å². The summed E-state index contributed by atoms with van der Waals surface area (Å²) < 4.78 is 53.7. The first kappa shape index (κ1) is 32.5. The van der Waals surface area contributed by atoms with E-state index in [2.05, 4.69) is 20.4 Å². The van der Waals surface area contributed by atoms with Crippen molar-refractivity contribution in [3.05, 3.63) is 52.5 Å². The van der Waals surface area contributed by atoms with E-state index in [9.17, 15) is 22.8 Å². The number of ether oxygens (including phenoxy) is 2. The van der Waals surface area contributed by atoms with Crippen LogP contribution in [0.1, 0.15) is 80.7 Å². The minimum atomic E-state index is -4.74. The molecule has 1 fully saturated rings. The number of H-pyrrole nitrogens is 1. The average Bonchev–Trinajstić information content (AvgIpc) is 3.37. The average molecular weight is 606 g/mol. The molecular weight excluding hydrogens is 563 g/mol. The van der Waals surface area contributed by atoms with E-state index in [-0.39, 0.29) is 48.1 Å². The third-order valence-electron chi connectivity index (χ3n) is 7.79. The number of nitrogens with one attached hydrogen (secondary N) is 2. The number of hydrogen-bond donors (Lipinski definition) is 2. The first-order valence-corrected chi connectivity index (χ1v) is 14.8. The number of alkyl halides is 3. The van der Waals surface area contributed by atoms with E-state index < -0.39 is 29.1 Å². The highest BCUT2D eigenvalue weighted by atomic mass is 19.4. The minimum Gasteiger partial charge on any atom is -0.492 e. The van der Waals surface area contributed by atoms with Gasteiger partial charge in [-0.2, -0.15) is 18.3 Å². The Hall–Kier alpha value is -3.38. The summed E-state index contributed by atoms with van der Waals surface area (Å²) >= 11 is 0. The molecule has 12 heteroatoms. The molecule has 2 amide bonds. The van der Waals surface area contributed by atoms with Crippen molar-refractivity contribution in [3.8, 4) is 5.75 Å². The zero-order valence-electron chi connectivity index (χ0n) is 25.6. The molecule has 0 radical (unpaired) electrons. The van der Waals surface area contributed by atoms with Crippen LogP contribution >= 0.6 is 0 Å². The number of piperidine rings is 1. The number of amides is 2. The number of fused-ring (bicyclic) bond motifs is 1. The molecule has 0 spiro atoms. The van der Waals surface area contributed by atoms with Gasteiger partial charge in [0.2, 0.25) is 0 Å². The topological polar surface area (TPSA) is 99.8 Å². The molecule has 2 N–H and O–H groups in total. The van der Waals surface area contributed by atoms with Crippen LogP contribution in [0.2, 0.25) is 0 Å². The number of halogens is 3. The van der Waals surface area contributed by atoms with Crippen LogP contribution in [-0.4, -0.2) is 84.4 Å². The van der Waals surface area contributed by atoms with Crippen LogP contribution in [0.3, 0.4) is 0 Å². The molecular formula is C31H42F3N5O4. The Labute approximate surface area is 250 Å². The molecule has 2 aromatic rings. The molecule has 43 heavy (non-hydrogen) atoms. The SMILES string of the molecule is COCCC1=C(C(=O)NC(C)C)c2n[nH]c(C(F)(F)F)c2C(C)(C)CN1C(=O)c1ccc(OCCN2CCCCC2)cc1. The Bertz CT molecular complexity index is 1310. The van der Waals surface area contributed by atoms with Crippen LogP contribution in [0.25, 0.3) is 5.57 Å². The van der Waals surface area contributed by atoms with Crippen molar-refractivity contribution < 1.29 is 32.2 Å². The highest BCUT2D eigenvalue weighted by Crippen LogP contribution is 2.44. The molecule has 0 unspecified atom stereocenters. The van der Waals surface area contributed by atoms with Crippen LogP contribution < -0.4 is 10.1 Å². The van der Waals surface area contributed by atoms with Crippen LogP contribution in [-0.2, 0) is 21.1 Å². The fourth-order valence-corrected chi connectivity index (χ4v) is 5.78. The molecule has 4 rings (SSSR count). The lowest BCUT2D eigenvalue weighted by molar-refractivity contribution is -0.142. The smallest absolute Gasteiger partial charge is 0.433 e. The van der Waals surface area contributed by atoms with Gasteiger partial charge in [0.1, 0.15) is 23.7 Å². The molecule has 9 nitrogen and oxygen atoms in total. The summed E-state index contributed by atoms with van der Waals surface area (Å²) in [7, 11) is 1.48. The van der Waals surface area contributed by atoms with Crippen molar-refractivity contribution in [3.63, 3.8) is 0 Å². The van der Waals surface area contributed by atoms with Crippen molar-refractivity contribution in [1.29, 1.82) is 0 Å². The van der Waals surface area contributed by atoms with Crippen LogP contribution in [0.4, 0.5) is 13.2 Å². The van der Waals surface area contributed by atoms with Gasteiger partial charge in [0.25, 0.3) is 11.8 Å². The van der Waals surface area contributed by atoms with Gasteiger partial charge in [-0.1, -0.05) is 20.3 Å². The van der Waals surface area contributed by atoms with E-state index in [0.717, 1.165) is 19.6 Å². The Morgan fingerprint density at radius 3 is 2.37 bits per heavy atom. The fourth-order valence-electron chi connectivity index (χ4n) is 5.78. The Morgan fingerprint density at radius 1 is 1.09 bits per heavy atom. The predicted molar refractivity (Wildman–Crippen MR) is 157 cm³/mol. The van der Waals surface area contributed by atoms with Gasteiger partial charge in [-0.15, -0.1) is 0 Å². The third-order valence-corrected chi connectivity index (χ3v) is 7.79. The number of rotatable bonds is 10. The van der Waals surface area contributed by atoms with E-state index in [1.54, 1.807) is 52.0 Å². The summed E-state index contributed by atoms with van der Waals surface area (Å²) in [6.45, 7) is 10.2.